The van der Waals surface area contributed by atoms with Gasteiger partial charge < -0.3 is 15.5 Å². The third-order valence-corrected chi connectivity index (χ3v) is 4.57. The molecular formula is C14H25N3O. The van der Waals surface area contributed by atoms with Crippen LogP contribution in [0.5, 0.6) is 0 Å². The zero-order chi connectivity index (χ0) is 12.4. The van der Waals surface area contributed by atoms with Crippen LogP contribution in [-0.4, -0.2) is 49.1 Å². The Morgan fingerprint density at radius 3 is 2.83 bits per heavy atom. The van der Waals surface area contributed by atoms with Crippen molar-refractivity contribution < 1.29 is 4.79 Å². The number of carbonyl (C=O) groups is 1. The third-order valence-electron chi connectivity index (χ3n) is 4.57. The van der Waals surface area contributed by atoms with Crippen molar-refractivity contribution in [3.8, 4) is 0 Å². The molecule has 2 heterocycles. The van der Waals surface area contributed by atoms with E-state index >= 15 is 0 Å². The van der Waals surface area contributed by atoms with Crippen LogP contribution in [0.15, 0.2) is 0 Å². The lowest BCUT2D eigenvalue weighted by Crippen LogP contribution is -2.47. The standard InChI is InChI=1S/C14H25N3O/c18-14(13-3-1-2-7-15-13)16-9-11-6-8-17(10-11)12-4-5-12/h11-13,15H,1-10H2,(H,16,18). The van der Waals surface area contributed by atoms with Gasteiger partial charge in [-0.25, -0.2) is 0 Å². The maximum Gasteiger partial charge on any atom is 0.237 e. The average Bonchev–Trinajstić information content (AvgIpc) is 3.16. The van der Waals surface area contributed by atoms with E-state index in [2.05, 4.69) is 15.5 Å². The fourth-order valence-corrected chi connectivity index (χ4v) is 3.24. The lowest BCUT2D eigenvalue weighted by atomic mass is 10.0. The molecule has 3 fully saturated rings. The van der Waals surface area contributed by atoms with E-state index in [1.165, 1.54) is 45.2 Å². The van der Waals surface area contributed by atoms with Crippen molar-refractivity contribution in [3.63, 3.8) is 0 Å². The Bertz CT molecular complexity index is 297. The molecule has 0 spiro atoms. The Morgan fingerprint density at radius 1 is 1.22 bits per heavy atom. The van der Waals surface area contributed by atoms with Gasteiger partial charge >= 0.3 is 0 Å². The highest BCUT2D eigenvalue weighted by Crippen LogP contribution is 2.31. The second kappa shape index (κ2) is 5.57. The maximum absolute atomic E-state index is 12.0. The predicted molar refractivity (Wildman–Crippen MR) is 71.4 cm³/mol. The molecule has 0 aromatic carbocycles. The molecule has 0 bridgehead atoms. The van der Waals surface area contributed by atoms with Crippen LogP contribution in [0.3, 0.4) is 0 Å². The topological polar surface area (TPSA) is 44.4 Å². The number of nitrogens with zero attached hydrogens (tertiary/aromatic N) is 1. The summed E-state index contributed by atoms with van der Waals surface area (Å²) >= 11 is 0. The van der Waals surface area contributed by atoms with Crippen LogP contribution in [0.1, 0.15) is 38.5 Å². The Morgan fingerprint density at radius 2 is 2.11 bits per heavy atom. The molecule has 2 aliphatic heterocycles. The van der Waals surface area contributed by atoms with Crippen LogP contribution >= 0.6 is 0 Å². The molecule has 4 heteroatoms. The number of amides is 1. The van der Waals surface area contributed by atoms with Crippen molar-refractivity contribution in [2.75, 3.05) is 26.2 Å². The second-order valence-electron chi connectivity index (χ2n) is 6.13. The molecule has 3 aliphatic rings. The van der Waals surface area contributed by atoms with Crippen molar-refractivity contribution in [2.24, 2.45) is 5.92 Å². The average molecular weight is 251 g/mol. The van der Waals surface area contributed by atoms with Gasteiger partial charge in [0.25, 0.3) is 0 Å². The quantitative estimate of drug-likeness (QED) is 0.774. The summed E-state index contributed by atoms with van der Waals surface area (Å²) in [6, 6.07) is 0.949. The van der Waals surface area contributed by atoms with Gasteiger partial charge in [0.15, 0.2) is 0 Å². The Balaban J connectivity index is 1.37. The molecule has 0 aromatic heterocycles. The van der Waals surface area contributed by atoms with Crippen LogP contribution in [0.4, 0.5) is 0 Å². The van der Waals surface area contributed by atoms with E-state index in [1.807, 2.05) is 0 Å². The second-order valence-corrected chi connectivity index (χ2v) is 6.13. The van der Waals surface area contributed by atoms with Gasteiger partial charge in [0, 0.05) is 19.1 Å². The Labute approximate surface area is 109 Å². The first-order chi connectivity index (χ1) is 8.83. The van der Waals surface area contributed by atoms with Gasteiger partial charge in [0.1, 0.15) is 0 Å². The predicted octanol–water partition coefficient (Wildman–Crippen LogP) is 0.729. The molecule has 1 amide bonds. The summed E-state index contributed by atoms with van der Waals surface area (Å²) in [5.74, 6) is 0.901. The van der Waals surface area contributed by atoms with Crippen LogP contribution in [0.2, 0.25) is 0 Å². The van der Waals surface area contributed by atoms with Gasteiger partial charge in [0.05, 0.1) is 6.04 Å². The summed E-state index contributed by atoms with van der Waals surface area (Å²) in [6.07, 6.45) is 7.45. The molecule has 2 unspecified atom stereocenters. The molecule has 1 saturated carbocycles. The summed E-state index contributed by atoms with van der Waals surface area (Å²) in [6.45, 7) is 4.31. The molecular weight excluding hydrogens is 226 g/mol. The summed E-state index contributed by atoms with van der Waals surface area (Å²) in [4.78, 5) is 14.6. The first-order valence-electron chi connectivity index (χ1n) is 7.58. The highest BCUT2D eigenvalue weighted by atomic mass is 16.2. The molecule has 2 saturated heterocycles. The molecule has 4 nitrogen and oxygen atoms in total. The van der Waals surface area contributed by atoms with Crippen molar-refractivity contribution in [1.82, 2.24) is 15.5 Å². The largest absolute Gasteiger partial charge is 0.354 e. The first kappa shape index (κ1) is 12.4. The monoisotopic (exact) mass is 251 g/mol. The summed E-state index contributed by atoms with van der Waals surface area (Å²) < 4.78 is 0. The van der Waals surface area contributed by atoms with Crippen LogP contribution in [0.25, 0.3) is 0 Å². The van der Waals surface area contributed by atoms with Gasteiger partial charge in [-0.15, -0.1) is 0 Å². The zero-order valence-electron chi connectivity index (χ0n) is 11.2. The fourth-order valence-electron chi connectivity index (χ4n) is 3.24. The van der Waals surface area contributed by atoms with E-state index in [0.29, 0.717) is 5.92 Å². The number of rotatable bonds is 4. The molecule has 2 N–H and O–H groups in total. The Kier molecular flexibility index (Phi) is 3.85. The van der Waals surface area contributed by atoms with E-state index in [4.69, 9.17) is 0 Å². The first-order valence-corrected chi connectivity index (χ1v) is 7.58. The minimum atomic E-state index is 0.0692. The van der Waals surface area contributed by atoms with Gasteiger partial charge in [-0.2, -0.15) is 0 Å². The lowest BCUT2D eigenvalue weighted by Gasteiger charge is -2.23. The number of piperidine rings is 1. The molecule has 2 atom stereocenters. The smallest absolute Gasteiger partial charge is 0.237 e. The van der Waals surface area contributed by atoms with E-state index < -0.39 is 0 Å². The van der Waals surface area contributed by atoms with Gasteiger partial charge in [-0.05, 0) is 51.1 Å². The van der Waals surface area contributed by atoms with Crippen LogP contribution in [-0.2, 0) is 4.79 Å². The van der Waals surface area contributed by atoms with Gasteiger partial charge in [-0.1, -0.05) is 6.42 Å². The number of likely N-dealkylation sites (tertiary alicyclic amines) is 1. The van der Waals surface area contributed by atoms with Crippen molar-refractivity contribution in [2.45, 2.75) is 50.6 Å². The zero-order valence-corrected chi connectivity index (χ0v) is 11.2. The number of nitrogens with one attached hydrogen (secondary N) is 2. The van der Waals surface area contributed by atoms with Crippen LogP contribution in [0, 0.1) is 5.92 Å². The summed E-state index contributed by atoms with van der Waals surface area (Å²) in [7, 11) is 0. The van der Waals surface area contributed by atoms with Crippen molar-refractivity contribution in [1.29, 1.82) is 0 Å². The van der Waals surface area contributed by atoms with Gasteiger partial charge in [0.2, 0.25) is 5.91 Å². The van der Waals surface area contributed by atoms with E-state index in [9.17, 15) is 4.79 Å². The van der Waals surface area contributed by atoms with Crippen molar-refractivity contribution >= 4 is 5.91 Å². The molecule has 0 radical (unpaired) electrons. The van der Waals surface area contributed by atoms with Gasteiger partial charge in [-0.3, -0.25) is 4.79 Å². The molecule has 102 valence electrons. The maximum atomic E-state index is 12.0. The molecule has 18 heavy (non-hydrogen) atoms. The molecule has 1 aliphatic carbocycles. The van der Waals surface area contributed by atoms with Crippen molar-refractivity contribution in [3.05, 3.63) is 0 Å². The minimum Gasteiger partial charge on any atom is -0.354 e. The highest BCUT2D eigenvalue weighted by Gasteiger charge is 2.34. The SMILES string of the molecule is O=C(NCC1CCN(C2CC2)C1)C1CCCCN1. The normalized spacial score (nSPS) is 33.6. The van der Waals surface area contributed by atoms with E-state index in [-0.39, 0.29) is 11.9 Å². The fraction of sp³-hybridized carbons (Fsp3) is 0.929. The molecule has 3 rings (SSSR count). The lowest BCUT2D eigenvalue weighted by molar-refractivity contribution is -0.123. The van der Waals surface area contributed by atoms with E-state index in [1.54, 1.807) is 0 Å². The summed E-state index contributed by atoms with van der Waals surface area (Å²) in [5.41, 5.74) is 0. The highest BCUT2D eigenvalue weighted by molar-refractivity contribution is 5.81. The third kappa shape index (κ3) is 3.04. The number of hydrogen-bond donors (Lipinski definition) is 2. The Hall–Kier alpha value is -0.610. The molecule has 0 aromatic rings. The summed E-state index contributed by atoms with van der Waals surface area (Å²) in [5, 5.41) is 6.45. The van der Waals surface area contributed by atoms with Crippen LogP contribution < -0.4 is 10.6 Å². The number of hydrogen-bond acceptors (Lipinski definition) is 3. The van der Waals surface area contributed by atoms with E-state index in [0.717, 1.165) is 25.6 Å². The number of carbonyl (C=O) groups excluding carboxylic acids is 1. The minimum absolute atomic E-state index is 0.0692.